The van der Waals surface area contributed by atoms with Crippen LogP contribution in [0.1, 0.15) is 17.7 Å². The van der Waals surface area contributed by atoms with Gasteiger partial charge in [0, 0.05) is 24.2 Å². The van der Waals surface area contributed by atoms with Gasteiger partial charge < -0.3 is 10.2 Å². The molecule has 1 aromatic heterocycles. The average molecular weight is 436 g/mol. The van der Waals surface area contributed by atoms with E-state index in [1.165, 1.54) is 0 Å². The first-order valence-corrected chi connectivity index (χ1v) is 11.8. The van der Waals surface area contributed by atoms with Crippen LogP contribution in [0.15, 0.2) is 60.7 Å². The molecule has 0 unspecified atom stereocenters. The SMILES string of the molecule is O=C(Nc1c2c(nn1-c1ccccc1)CS(=O)(=O)C2)[C@@H]1CC(=O)N(c2ccccc2)C1. The normalized spacial score (nSPS) is 19.4. The van der Waals surface area contributed by atoms with Crippen LogP contribution in [0.3, 0.4) is 0 Å². The van der Waals surface area contributed by atoms with Crippen molar-refractivity contribution in [2.75, 3.05) is 16.8 Å². The number of nitrogens with one attached hydrogen (secondary N) is 1. The molecule has 8 nitrogen and oxygen atoms in total. The second kappa shape index (κ2) is 7.35. The zero-order chi connectivity index (χ0) is 21.6. The molecule has 1 atom stereocenters. The monoisotopic (exact) mass is 436 g/mol. The molecule has 0 saturated carbocycles. The number of benzene rings is 2. The van der Waals surface area contributed by atoms with Gasteiger partial charge in [-0.2, -0.15) is 5.10 Å². The number of anilines is 2. The van der Waals surface area contributed by atoms with Crippen LogP contribution < -0.4 is 10.2 Å². The summed E-state index contributed by atoms with van der Waals surface area (Å²) >= 11 is 0. The minimum atomic E-state index is -3.28. The molecule has 9 heteroatoms. The second-order valence-corrected chi connectivity index (χ2v) is 9.85. The quantitative estimate of drug-likeness (QED) is 0.676. The Morgan fingerprint density at radius 1 is 0.968 bits per heavy atom. The van der Waals surface area contributed by atoms with E-state index in [-0.39, 0.29) is 36.3 Å². The topological polar surface area (TPSA) is 101 Å². The summed E-state index contributed by atoms with van der Waals surface area (Å²) in [6.45, 7) is 0.272. The van der Waals surface area contributed by atoms with E-state index in [0.717, 1.165) is 11.4 Å². The lowest BCUT2D eigenvalue weighted by Gasteiger charge is -2.17. The Labute approximate surface area is 179 Å². The summed E-state index contributed by atoms with van der Waals surface area (Å²) in [4.78, 5) is 27.2. The Bertz CT molecular complexity index is 1270. The predicted molar refractivity (Wildman–Crippen MR) is 115 cm³/mol. The number of hydrogen-bond acceptors (Lipinski definition) is 5. The first kappa shape index (κ1) is 19.5. The van der Waals surface area contributed by atoms with Gasteiger partial charge in [0.25, 0.3) is 0 Å². The maximum absolute atomic E-state index is 13.1. The third kappa shape index (κ3) is 3.61. The van der Waals surface area contributed by atoms with Crippen molar-refractivity contribution in [3.05, 3.63) is 71.9 Å². The Hall–Kier alpha value is -3.46. The van der Waals surface area contributed by atoms with Crippen LogP contribution in [-0.4, -0.2) is 36.6 Å². The molecule has 5 rings (SSSR count). The van der Waals surface area contributed by atoms with E-state index in [1.807, 2.05) is 60.7 Å². The highest BCUT2D eigenvalue weighted by molar-refractivity contribution is 7.90. The van der Waals surface area contributed by atoms with Gasteiger partial charge in [-0.05, 0) is 24.3 Å². The van der Waals surface area contributed by atoms with Gasteiger partial charge in [0.1, 0.15) is 5.82 Å². The van der Waals surface area contributed by atoms with Crippen molar-refractivity contribution in [1.29, 1.82) is 0 Å². The minimum Gasteiger partial charge on any atom is -0.312 e. The zero-order valence-corrected chi connectivity index (χ0v) is 17.4. The molecule has 3 aromatic rings. The highest BCUT2D eigenvalue weighted by atomic mass is 32.2. The van der Waals surface area contributed by atoms with E-state index in [9.17, 15) is 18.0 Å². The minimum absolute atomic E-state index is 0.0979. The van der Waals surface area contributed by atoms with Crippen LogP contribution in [-0.2, 0) is 30.9 Å². The largest absolute Gasteiger partial charge is 0.312 e. The fourth-order valence-corrected chi connectivity index (χ4v) is 5.58. The number of hydrogen-bond donors (Lipinski definition) is 1. The summed E-state index contributed by atoms with van der Waals surface area (Å²) in [5, 5.41) is 7.34. The molecule has 0 spiro atoms. The summed E-state index contributed by atoms with van der Waals surface area (Å²) in [6, 6.07) is 18.5. The van der Waals surface area contributed by atoms with Crippen LogP contribution >= 0.6 is 0 Å². The van der Waals surface area contributed by atoms with Gasteiger partial charge in [-0.3, -0.25) is 9.59 Å². The van der Waals surface area contributed by atoms with Gasteiger partial charge in [-0.1, -0.05) is 36.4 Å². The van der Waals surface area contributed by atoms with E-state index in [2.05, 4.69) is 10.4 Å². The lowest BCUT2D eigenvalue weighted by molar-refractivity contribution is -0.122. The zero-order valence-electron chi connectivity index (χ0n) is 16.6. The second-order valence-electron chi connectivity index (χ2n) is 7.78. The number of sulfone groups is 1. The number of carbonyl (C=O) groups is 2. The van der Waals surface area contributed by atoms with Crippen molar-refractivity contribution in [3.8, 4) is 5.69 Å². The molecule has 0 radical (unpaired) electrons. The third-order valence-electron chi connectivity index (χ3n) is 5.59. The molecule has 1 saturated heterocycles. The molecule has 31 heavy (non-hydrogen) atoms. The molecule has 2 amide bonds. The molecule has 0 aliphatic carbocycles. The lowest BCUT2D eigenvalue weighted by Crippen LogP contribution is -2.29. The van der Waals surface area contributed by atoms with Crippen LogP contribution in [0.5, 0.6) is 0 Å². The molecular weight excluding hydrogens is 416 g/mol. The predicted octanol–water partition coefficient (Wildman–Crippen LogP) is 2.29. The Kier molecular flexibility index (Phi) is 4.62. The molecule has 2 aliphatic heterocycles. The molecule has 158 valence electrons. The summed E-state index contributed by atoms with van der Waals surface area (Å²) < 4.78 is 25.8. The molecule has 1 fully saturated rings. The van der Waals surface area contributed by atoms with Crippen LogP contribution in [0.4, 0.5) is 11.5 Å². The van der Waals surface area contributed by atoms with Crippen LogP contribution in [0, 0.1) is 5.92 Å². The molecule has 3 heterocycles. The maximum atomic E-state index is 13.1. The van der Waals surface area contributed by atoms with Crippen LogP contribution in [0.25, 0.3) is 5.69 Å². The lowest BCUT2D eigenvalue weighted by atomic mass is 10.1. The number of nitrogens with zero attached hydrogens (tertiary/aromatic N) is 3. The number of fused-ring (bicyclic) bond motifs is 1. The van der Waals surface area contributed by atoms with Gasteiger partial charge in [-0.15, -0.1) is 0 Å². The first-order chi connectivity index (χ1) is 14.9. The summed E-state index contributed by atoms with van der Waals surface area (Å²) in [6.07, 6.45) is 0.0979. The smallest absolute Gasteiger partial charge is 0.230 e. The number of aromatic nitrogens is 2. The first-order valence-electron chi connectivity index (χ1n) is 9.94. The molecule has 2 aliphatic rings. The van der Waals surface area contributed by atoms with Crippen molar-refractivity contribution in [2.24, 2.45) is 5.92 Å². The van der Waals surface area contributed by atoms with Crippen molar-refractivity contribution in [3.63, 3.8) is 0 Å². The number of carbonyl (C=O) groups excluding carboxylic acids is 2. The Morgan fingerprint density at radius 2 is 1.61 bits per heavy atom. The van der Waals surface area contributed by atoms with Gasteiger partial charge in [-0.25, -0.2) is 13.1 Å². The number of amides is 2. The molecule has 2 aromatic carbocycles. The Balaban J connectivity index is 1.44. The maximum Gasteiger partial charge on any atom is 0.230 e. The molecule has 1 N–H and O–H groups in total. The van der Waals surface area contributed by atoms with E-state index >= 15 is 0 Å². The standard InChI is InChI=1S/C22H20N4O4S/c27-20-11-15(12-25(20)16-7-3-1-4-8-16)22(28)23-21-18-13-31(29,30)14-19(18)24-26(21)17-9-5-2-6-10-17/h1-10,15H,11-14H2,(H,23,28)/t15-/m1/s1. The van der Waals surface area contributed by atoms with Crippen LogP contribution in [0.2, 0.25) is 0 Å². The summed E-state index contributed by atoms with van der Waals surface area (Å²) in [7, 11) is -3.28. The van der Waals surface area contributed by atoms with Crippen molar-refractivity contribution < 1.29 is 18.0 Å². The van der Waals surface area contributed by atoms with E-state index < -0.39 is 15.8 Å². The summed E-state index contributed by atoms with van der Waals surface area (Å²) in [5.41, 5.74) is 2.44. The molecule has 0 bridgehead atoms. The van der Waals surface area contributed by atoms with E-state index in [1.54, 1.807) is 9.58 Å². The van der Waals surface area contributed by atoms with Crippen molar-refractivity contribution in [2.45, 2.75) is 17.9 Å². The van der Waals surface area contributed by atoms with E-state index in [4.69, 9.17) is 0 Å². The van der Waals surface area contributed by atoms with Crippen molar-refractivity contribution in [1.82, 2.24) is 9.78 Å². The highest BCUT2D eigenvalue weighted by Gasteiger charge is 2.38. The van der Waals surface area contributed by atoms with Crippen molar-refractivity contribution >= 4 is 33.2 Å². The summed E-state index contributed by atoms with van der Waals surface area (Å²) in [5.74, 6) is -0.927. The van der Waals surface area contributed by atoms with Gasteiger partial charge in [0.05, 0.1) is 28.8 Å². The van der Waals surface area contributed by atoms with Gasteiger partial charge in [0.15, 0.2) is 9.84 Å². The fraction of sp³-hybridized carbons (Fsp3) is 0.227. The third-order valence-corrected chi connectivity index (χ3v) is 7.04. The number of para-hydroxylation sites is 2. The average Bonchev–Trinajstić information content (AvgIpc) is 3.40. The number of rotatable bonds is 4. The van der Waals surface area contributed by atoms with Gasteiger partial charge >= 0.3 is 0 Å². The molecular formula is C22H20N4O4S. The van der Waals surface area contributed by atoms with E-state index in [0.29, 0.717) is 17.1 Å². The highest BCUT2D eigenvalue weighted by Crippen LogP contribution is 2.34. The Morgan fingerprint density at radius 3 is 2.29 bits per heavy atom. The van der Waals surface area contributed by atoms with Gasteiger partial charge in [0.2, 0.25) is 11.8 Å². The fourth-order valence-electron chi connectivity index (χ4n) is 4.09.